The van der Waals surface area contributed by atoms with E-state index in [2.05, 4.69) is 5.32 Å². The Morgan fingerprint density at radius 2 is 1.96 bits per heavy atom. The van der Waals surface area contributed by atoms with Crippen LogP contribution in [-0.4, -0.2) is 69.2 Å². The van der Waals surface area contributed by atoms with Crippen molar-refractivity contribution in [1.29, 1.82) is 0 Å². The number of hydrogen-bond acceptors (Lipinski definition) is 4. The molecule has 1 aliphatic heterocycles. The lowest BCUT2D eigenvalue weighted by atomic mass is 9.96. The van der Waals surface area contributed by atoms with Crippen molar-refractivity contribution >= 4 is 11.9 Å². The number of methoxy groups -OCH3 is 1. The molecule has 144 valence electrons. The van der Waals surface area contributed by atoms with Gasteiger partial charge < -0.3 is 24.6 Å². The van der Waals surface area contributed by atoms with Gasteiger partial charge in [0.2, 0.25) is 5.91 Å². The molecule has 7 nitrogen and oxygen atoms in total. The topological polar surface area (TPSA) is 71.1 Å². The van der Waals surface area contributed by atoms with Gasteiger partial charge >= 0.3 is 6.03 Å². The molecule has 0 aliphatic carbocycles. The van der Waals surface area contributed by atoms with Crippen molar-refractivity contribution in [3.05, 3.63) is 29.8 Å². The van der Waals surface area contributed by atoms with E-state index in [4.69, 9.17) is 9.47 Å². The van der Waals surface area contributed by atoms with Crippen molar-refractivity contribution in [1.82, 2.24) is 15.1 Å². The molecule has 1 heterocycles. The fourth-order valence-corrected chi connectivity index (χ4v) is 2.94. The Balaban J connectivity index is 1.77. The Hall–Kier alpha value is -2.28. The molecule has 7 heteroatoms. The molecular formula is C19H29N3O4. The molecule has 0 bridgehead atoms. The van der Waals surface area contributed by atoms with E-state index in [0.29, 0.717) is 45.7 Å². The van der Waals surface area contributed by atoms with Crippen LogP contribution in [0.15, 0.2) is 24.3 Å². The van der Waals surface area contributed by atoms with Gasteiger partial charge in [-0.15, -0.1) is 0 Å². The highest BCUT2D eigenvalue weighted by Gasteiger charge is 2.27. The van der Waals surface area contributed by atoms with Crippen LogP contribution in [0.25, 0.3) is 0 Å². The number of amides is 3. The minimum absolute atomic E-state index is 0.00847. The van der Waals surface area contributed by atoms with Gasteiger partial charge in [-0.2, -0.15) is 0 Å². The maximum Gasteiger partial charge on any atom is 0.319 e. The summed E-state index contributed by atoms with van der Waals surface area (Å²) in [5.41, 5.74) is 0.994. The summed E-state index contributed by atoms with van der Waals surface area (Å²) in [6, 6.07) is 7.69. The molecule has 3 amide bonds. The Morgan fingerprint density at radius 1 is 1.23 bits per heavy atom. The Morgan fingerprint density at radius 3 is 2.62 bits per heavy atom. The summed E-state index contributed by atoms with van der Waals surface area (Å²) in [6.07, 6.45) is 1.40. The molecule has 1 N–H and O–H groups in total. The number of rotatable bonds is 7. The van der Waals surface area contributed by atoms with Gasteiger partial charge in [-0.25, -0.2) is 4.79 Å². The highest BCUT2D eigenvalue weighted by molar-refractivity contribution is 5.79. The van der Waals surface area contributed by atoms with E-state index in [0.717, 1.165) is 11.3 Å². The van der Waals surface area contributed by atoms with Gasteiger partial charge in [-0.05, 0) is 30.5 Å². The smallest absolute Gasteiger partial charge is 0.319 e. The number of hydrogen-bond donors (Lipinski definition) is 1. The minimum Gasteiger partial charge on any atom is -0.491 e. The number of nitrogens with one attached hydrogen (secondary N) is 1. The van der Waals surface area contributed by atoms with Crippen LogP contribution in [0.5, 0.6) is 5.75 Å². The molecule has 0 spiro atoms. The summed E-state index contributed by atoms with van der Waals surface area (Å²) in [5, 5.41) is 3.00. The van der Waals surface area contributed by atoms with Gasteiger partial charge in [0.05, 0.1) is 6.61 Å². The summed E-state index contributed by atoms with van der Waals surface area (Å²) in [7, 11) is 5.12. The molecule has 0 aromatic heterocycles. The van der Waals surface area contributed by atoms with Crippen LogP contribution in [0, 0.1) is 5.92 Å². The maximum atomic E-state index is 12.4. The predicted octanol–water partition coefficient (Wildman–Crippen LogP) is 1.72. The van der Waals surface area contributed by atoms with Crippen LogP contribution in [-0.2, 0) is 16.1 Å². The molecule has 1 saturated heterocycles. The number of urea groups is 1. The second-order valence-electron chi connectivity index (χ2n) is 6.64. The Kier molecular flexibility index (Phi) is 7.72. The van der Waals surface area contributed by atoms with E-state index in [1.165, 1.54) is 0 Å². The molecule has 2 rings (SSSR count). The van der Waals surface area contributed by atoms with Gasteiger partial charge in [-0.3, -0.25) is 4.79 Å². The van der Waals surface area contributed by atoms with Crippen molar-refractivity contribution in [2.24, 2.45) is 5.92 Å². The zero-order chi connectivity index (χ0) is 18.9. The summed E-state index contributed by atoms with van der Waals surface area (Å²) >= 11 is 0. The first-order valence-electron chi connectivity index (χ1n) is 8.96. The summed E-state index contributed by atoms with van der Waals surface area (Å²) in [5.74, 6) is 0.777. The number of carbonyl (C=O) groups is 2. The highest BCUT2D eigenvalue weighted by atomic mass is 16.5. The first-order chi connectivity index (χ1) is 12.5. The normalized spacial score (nSPS) is 14.8. The molecule has 1 aromatic carbocycles. The Bertz CT molecular complexity index is 598. The minimum atomic E-state index is -0.0395. The van der Waals surface area contributed by atoms with E-state index >= 15 is 0 Å². The number of benzene rings is 1. The first kappa shape index (κ1) is 20.0. The quantitative estimate of drug-likeness (QED) is 0.749. The van der Waals surface area contributed by atoms with Gasteiger partial charge in [-0.1, -0.05) is 12.1 Å². The standard InChI is InChI=1S/C19H29N3O4/c1-21(2)19(24)22-9-7-16(8-10-22)18(23)20-14-15-5-4-6-17(13-15)26-12-11-25-3/h4-6,13,16H,7-12,14H2,1-3H3,(H,20,23). The molecular weight excluding hydrogens is 334 g/mol. The van der Waals surface area contributed by atoms with E-state index < -0.39 is 0 Å². The number of carbonyl (C=O) groups excluding carboxylic acids is 2. The van der Waals surface area contributed by atoms with Gasteiger partial charge in [0.15, 0.2) is 0 Å². The second-order valence-corrected chi connectivity index (χ2v) is 6.64. The lowest BCUT2D eigenvalue weighted by Gasteiger charge is -2.33. The van der Waals surface area contributed by atoms with Crippen LogP contribution < -0.4 is 10.1 Å². The van der Waals surface area contributed by atoms with E-state index in [1.807, 2.05) is 24.3 Å². The van der Waals surface area contributed by atoms with Crippen LogP contribution in [0.4, 0.5) is 4.79 Å². The third-order valence-electron chi connectivity index (χ3n) is 4.44. The monoisotopic (exact) mass is 363 g/mol. The third kappa shape index (κ3) is 5.91. The van der Waals surface area contributed by atoms with Crippen LogP contribution in [0.1, 0.15) is 18.4 Å². The SMILES string of the molecule is COCCOc1cccc(CNC(=O)C2CCN(C(=O)N(C)C)CC2)c1. The van der Waals surface area contributed by atoms with Crippen LogP contribution >= 0.6 is 0 Å². The fraction of sp³-hybridized carbons (Fsp3) is 0.579. The summed E-state index contributed by atoms with van der Waals surface area (Å²) in [4.78, 5) is 27.7. The van der Waals surface area contributed by atoms with Crippen molar-refractivity contribution in [3.8, 4) is 5.75 Å². The number of piperidine rings is 1. The molecule has 0 unspecified atom stereocenters. The Labute approximate surface area is 155 Å². The third-order valence-corrected chi connectivity index (χ3v) is 4.44. The van der Waals surface area contributed by atoms with Crippen molar-refractivity contribution in [3.63, 3.8) is 0 Å². The zero-order valence-electron chi connectivity index (χ0n) is 15.9. The average Bonchev–Trinajstić information content (AvgIpc) is 2.66. The van der Waals surface area contributed by atoms with Crippen molar-refractivity contribution in [2.75, 3.05) is 47.5 Å². The molecule has 1 aliphatic rings. The molecule has 0 saturated carbocycles. The molecule has 1 fully saturated rings. The molecule has 0 atom stereocenters. The molecule has 1 aromatic rings. The number of nitrogens with zero attached hydrogens (tertiary/aromatic N) is 2. The number of likely N-dealkylation sites (tertiary alicyclic amines) is 1. The second kappa shape index (κ2) is 10.0. The van der Waals surface area contributed by atoms with E-state index in [9.17, 15) is 9.59 Å². The molecule has 0 radical (unpaired) electrons. The lowest BCUT2D eigenvalue weighted by molar-refractivity contribution is -0.126. The lowest BCUT2D eigenvalue weighted by Crippen LogP contribution is -2.46. The van der Waals surface area contributed by atoms with Crippen LogP contribution in [0.2, 0.25) is 0 Å². The zero-order valence-corrected chi connectivity index (χ0v) is 15.9. The maximum absolute atomic E-state index is 12.4. The van der Waals surface area contributed by atoms with Gasteiger partial charge in [0.1, 0.15) is 12.4 Å². The predicted molar refractivity (Wildman–Crippen MR) is 99.0 cm³/mol. The average molecular weight is 363 g/mol. The van der Waals surface area contributed by atoms with Gasteiger partial charge in [0.25, 0.3) is 0 Å². The van der Waals surface area contributed by atoms with Crippen LogP contribution in [0.3, 0.4) is 0 Å². The van der Waals surface area contributed by atoms with Gasteiger partial charge in [0, 0.05) is 46.8 Å². The first-order valence-corrected chi connectivity index (χ1v) is 8.96. The molecule has 26 heavy (non-hydrogen) atoms. The highest BCUT2D eigenvalue weighted by Crippen LogP contribution is 2.19. The largest absolute Gasteiger partial charge is 0.491 e. The van der Waals surface area contributed by atoms with E-state index in [-0.39, 0.29) is 17.9 Å². The summed E-state index contributed by atoms with van der Waals surface area (Å²) < 4.78 is 10.6. The number of ether oxygens (including phenoxy) is 2. The van der Waals surface area contributed by atoms with Crippen molar-refractivity contribution < 1.29 is 19.1 Å². The fourth-order valence-electron chi connectivity index (χ4n) is 2.94. The van der Waals surface area contributed by atoms with Crippen molar-refractivity contribution in [2.45, 2.75) is 19.4 Å². The summed E-state index contributed by atoms with van der Waals surface area (Å²) in [6.45, 7) is 2.75. The van der Waals surface area contributed by atoms with E-state index in [1.54, 1.807) is 31.0 Å².